The molecule has 0 spiro atoms. The molecule has 0 aliphatic carbocycles. The monoisotopic (exact) mass is 331 g/mol. The second-order valence-electron chi connectivity index (χ2n) is 4.97. The first-order valence-electron chi connectivity index (χ1n) is 6.96. The van der Waals surface area contributed by atoms with Gasteiger partial charge in [-0.25, -0.2) is 13.1 Å². The minimum absolute atomic E-state index is 0.160. The van der Waals surface area contributed by atoms with Gasteiger partial charge >= 0.3 is 0 Å². The Morgan fingerprint density at radius 3 is 2.86 bits per heavy atom. The summed E-state index contributed by atoms with van der Waals surface area (Å²) in [6.45, 7) is 0.193. The van der Waals surface area contributed by atoms with Gasteiger partial charge in [0, 0.05) is 17.4 Å². The fraction of sp³-hybridized carbons (Fsp3) is 0.571. The summed E-state index contributed by atoms with van der Waals surface area (Å²) < 4.78 is 32.3. The Hall–Kier alpha value is -0.760. The zero-order chi connectivity index (χ0) is 15.3. The predicted octanol–water partition coefficient (Wildman–Crippen LogP) is 1.75. The molecule has 0 saturated carbocycles. The van der Waals surface area contributed by atoms with Gasteiger partial charge in [0.05, 0.1) is 18.6 Å². The van der Waals surface area contributed by atoms with Crippen LogP contribution in [0.15, 0.2) is 23.1 Å². The Morgan fingerprint density at radius 1 is 1.43 bits per heavy atom. The van der Waals surface area contributed by atoms with Gasteiger partial charge in [-0.15, -0.1) is 0 Å². The number of hydrogen-bond acceptors (Lipinski definition) is 5. The van der Waals surface area contributed by atoms with Gasteiger partial charge < -0.3 is 9.84 Å². The first-order valence-corrected chi connectivity index (χ1v) is 9.49. The van der Waals surface area contributed by atoms with Crippen LogP contribution >= 0.6 is 11.8 Å². The van der Waals surface area contributed by atoms with E-state index in [1.165, 1.54) is 25.7 Å². The average Bonchev–Trinajstić information content (AvgIpc) is 2.53. The van der Waals surface area contributed by atoms with E-state index in [-0.39, 0.29) is 11.5 Å². The van der Waals surface area contributed by atoms with Crippen LogP contribution in [0.25, 0.3) is 0 Å². The van der Waals surface area contributed by atoms with Crippen molar-refractivity contribution in [3.05, 3.63) is 23.8 Å². The minimum Gasteiger partial charge on any atom is -0.496 e. The maximum atomic E-state index is 12.3. The van der Waals surface area contributed by atoms with E-state index in [1.54, 1.807) is 6.07 Å². The van der Waals surface area contributed by atoms with Crippen LogP contribution in [0.3, 0.4) is 0 Å². The number of hydrogen-bond donors (Lipinski definition) is 2. The van der Waals surface area contributed by atoms with E-state index >= 15 is 0 Å². The highest BCUT2D eigenvalue weighted by Gasteiger charge is 2.20. The van der Waals surface area contributed by atoms with Gasteiger partial charge in [0.2, 0.25) is 10.0 Å². The third kappa shape index (κ3) is 4.35. The first kappa shape index (κ1) is 16.6. The summed E-state index contributed by atoms with van der Waals surface area (Å²) >= 11 is 1.83. The largest absolute Gasteiger partial charge is 0.496 e. The number of benzene rings is 1. The molecule has 7 heteroatoms. The lowest BCUT2D eigenvalue weighted by Gasteiger charge is -2.21. The van der Waals surface area contributed by atoms with E-state index in [1.807, 2.05) is 11.8 Å². The number of thioether (sulfide) groups is 1. The van der Waals surface area contributed by atoms with Crippen molar-refractivity contribution in [1.82, 2.24) is 4.72 Å². The van der Waals surface area contributed by atoms with Crippen molar-refractivity contribution in [3.8, 4) is 5.75 Å². The lowest BCUT2D eigenvalue weighted by Crippen LogP contribution is -2.32. The van der Waals surface area contributed by atoms with Crippen LogP contribution in [0.1, 0.15) is 24.8 Å². The highest BCUT2D eigenvalue weighted by molar-refractivity contribution is 8.00. The normalized spacial score (nSPS) is 19.4. The van der Waals surface area contributed by atoms with E-state index in [0.717, 1.165) is 18.6 Å². The average molecular weight is 331 g/mol. The van der Waals surface area contributed by atoms with E-state index in [9.17, 15) is 13.5 Å². The highest BCUT2D eigenvalue weighted by atomic mass is 32.2. The Labute approximate surface area is 130 Å². The SMILES string of the molecule is COc1ccc(S(=O)(=O)NCC2CCCCS2)cc1CO. The lowest BCUT2D eigenvalue weighted by molar-refractivity contribution is 0.273. The quantitative estimate of drug-likeness (QED) is 0.830. The van der Waals surface area contributed by atoms with Gasteiger partial charge in [0.25, 0.3) is 0 Å². The third-order valence-electron chi connectivity index (χ3n) is 3.51. The van der Waals surface area contributed by atoms with Crippen LogP contribution in [0.5, 0.6) is 5.75 Å². The summed E-state index contributed by atoms with van der Waals surface area (Å²) in [6.07, 6.45) is 3.43. The fourth-order valence-electron chi connectivity index (χ4n) is 2.30. The number of methoxy groups -OCH3 is 1. The molecule has 0 aromatic heterocycles. The fourth-order valence-corrected chi connectivity index (χ4v) is 4.78. The molecule has 1 aromatic rings. The standard InChI is InChI=1S/C14H21NO4S2/c1-19-14-6-5-13(8-11(14)10-16)21(17,18)15-9-12-4-2-3-7-20-12/h5-6,8,12,15-16H,2-4,7,9-10H2,1H3. The van der Waals surface area contributed by atoms with Gasteiger partial charge in [-0.3, -0.25) is 0 Å². The maximum absolute atomic E-state index is 12.3. The lowest BCUT2D eigenvalue weighted by atomic mass is 10.2. The van der Waals surface area contributed by atoms with Crippen molar-refractivity contribution >= 4 is 21.8 Å². The maximum Gasteiger partial charge on any atom is 0.240 e. The Balaban J connectivity index is 2.07. The minimum atomic E-state index is -3.55. The van der Waals surface area contributed by atoms with Crippen LogP contribution in [0.4, 0.5) is 0 Å². The molecular formula is C14H21NO4S2. The van der Waals surface area contributed by atoms with Crippen molar-refractivity contribution in [3.63, 3.8) is 0 Å². The molecule has 1 aliphatic heterocycles. The Morgan fingerprint density at radius 2 is 2.24 bits per heavy atom. The van der Waals surface area contributed by atoms with E-state index < -0.39 is 10.0 Å². The summed E-state index contributed by atoms with van der Waals surface area (Å²) in [7, 11) is -2.06. The Kier molecular flexibility index (Phi) is 5.92. The summed E-state index contributed by atoms with van der Waals surface area (Å²) in [4.78, 5) is 0.160. The smallest absolute Gasteiger partial charge is 0.240 e. The summed E-state index contributed by atoms with van der Waals surface area (Å²) in [6, 6.07) is 4.51. The van der Waals surface area contributed by atoms with Crippen molar-refractivity contribution < 1.29 is 18.3 Å². The zero-order valence-corrected chi connectivity index (χ0v) is 13.7. The molecule has 0 amide bonds. The van der Waals surface area contributed by atoms with E-state index in [0.29, 0.717) is 23.1 Å². The second kappa shape index (κ2) is 7.49. The second-order valence-corrected chi connectivity index (χ2v) is 8.15. The molecule has 1 fully saturated rings. The van der Waals surface area contributed by atoms with Gasteiger partial charge in [0.15, 0.2) is 0 Å². The van der Waals surface area contributed by atoms with Crippen LogP contribution in [0.2, 0.25) is 0 Å². The molecule has 21 heavy (non-hydrogen) atoms. The Bertz CT molecular complexity index is 568. The molecule has 0 radical (unpaired) electrons. The molecule has 1 heterocycles. The number of nitrogens with one attached hydrogen (secondary N) is 1. The molecule has 2 N–H and O–H groups in total. The number of aliphatic hydroxyl groups is 1. The number of aliphatic hydroxyl groups excluding tert-OH is 1. The van der Waals surface area contributed by atoms with Crippen LogP contribution < -0.4 is 9.46 Å². The molecule has 118 valence electrons. The molecule has 1 atom stereocenters. The molecule has 1 aromatic carbocycles. The van der Waals surface area contributed by atoms with Crippen molar-refractivity contribution in [1.29, 1.82) is 0 Å². The summed E-state index contributed by atoms with van der Waals surface area (Å²) in [5.41, 5.74) is 0.465. The van der Waals surface area contributed by atoms with E-state index in [4.69, 9.17) is 4.74 Å². The van der Waals surface area contributed by atoms with Gasteiger partial charge in [-0.1, -0.05) is 6.42 Å². The summed E-state index contributed by atoms with van der Waals surface area (Å²) in [5.74, 6) is 1.59. The third-order valence-corrected chi connectivity index (χ3v) is 6.33. The number of ether oxygens (including phenoxy) is 1. The van der Waals surface area contributed by atoms with Crippen molar-refractivity contribution in [2.24, 2.45) is 0 Å². The van der Waals surface area contributed by atoms with Crippen LogP contribution in [-0.4, -0.2) is 38.2 Å². The van der Waals surface area contributed by atoms with Gasteiger partial charge in [-0.2, -0.15) is 11.8 Å². The van der Waals surface area contributed by atoms with Crippen molar-refractivity contribution in [2.45, 2.75) is 36.0 Å². The number of sulfonamides is 1. The van der Waals surface area contributed by atoms with Crippen LogP contribution in [0, 0.1) is 0 Å². The predicted molar refractivity (Wildman–Crippen MR) is 84.2 cm³/mol. The molecule has 5 nitrogen and oxygen atoms in total. The van der Waals surface area contributed by atoms with Gasteiger partial charge in [0.1, 0.15) is 5.75 Å². The molecule has 0 bridgehead atoms. The zero-order valence-electron chi connectivity index (χ0n) is 12.0. The molecule has 2 rings (SSSR count). The highest BCUT2D eigenvalue weighted by Crippen LogP contribution is 2.25. The molecule has 1 aliphatic rings. The van der Waals surface area contributed by atoms with Gasteiger partial charge in [-0.05, 0) is 36.8 Å². The molecular weight excluding hydrogens is 310 g/mol. The summed E-state index contributed by atoms with van der Waals surface area (Å²) in [5, 5.41) is 9.63. The van der Waals surface area contributed by atoms with Crippen LogP contribution in [-0.2, 0) is 16.6 Å². The van der Waals surface area contributed by atoms with E-state index in [2.05, 4.69) is 4.72 Å². The topological polar surface area (TPSA) is 75.6 Å². The molecule has 1 saturated heterocycles. The molecule has 1 unspecified atom stereocenters. The van der Waals surface area contributed by atoms with Crippen molar-refractivity contribution in [2.75, 3.05) is 19.4 Å². The number of rotatable bonds is 6. The first-order chi connectivity index (χ1) is 10.1.